The summed E-state index contributed by atoms with van der Waals surface area (Å²) < 4.78 is 17.1. The Bertz CT molecular complexity index is 1190. The third-order valence-corrected chi connectivity index (χ3v) is 7.86. The number of hydrogen-bond acceptors (Lipinski definition) is 7. The van der Waals surface area contributed by atoms with Gasteiger partial charge in [-0.25, -0.2) is 0 Å². The number of benzene rings is 3. The molecule has 40 heavy (non-hydrogen) atoms. The van der Waals surface area contributed by atoms with Gasteiger partial charge in [-0.1, -0.05) is 36.4 Å². The van der Waals surface area contributed by atoms with Gasteiger partial charge in [-0.05, 0) is 60.1 Å². The minimum atomic E-state index is 0.615. The van der Waals surface area contributed by atoms with Gasteiger partial charge in [0.15, 0.2) is 0 Å². The maximum atomic E-state index is 6.09. The Morgan fingerprint density at radius 1 is 0.775 bits per heavy atom. The van der Waals surface area contributed by atoms with E-state index in [4.69, 9.17) is 14.2 Å². The largest absolute Gasteiger partial charge is 0.497 e. The van der Waals surface area contributed by atoms with Gasteiger partial charge in [-0.3, -0.25) is 4.90 Å². The summed E-state index contributed by atoms with van der Waals surface area (Å²) in [6.45, 7) is 11.9. The summed E-state index contributed by atoms with van der Waals surface area (Å²) in [4.78, 5) is 9.77. The maximum absolute atomic E-state index is 6.09. The Morgan fingerprint density at radius 3 is 2.25 bits per heavy atom. The Hall–Kier alpha value is -3.10. The normalized spacial score (nSPS) is 16.7. The molecule has 0 N–H and O–H groups in total. The van der Waals surface area contributed by atoms with E-state index in [1.54, 1.807) is 7.11 Å². The van der Waals surface area contributed by atoms with E-state index in [0.717, 1.165) is 84.5 Å². The average molecular weight is 545 g/mol. The molecule has 2 aliphatic rings. The Labute approximate surface area is 239 Å². The summed E-state index contributed by atoms with van der Waals surface area (Å²) in [6, 6.07) is 26.2. The summed E-state index contributed by atoms with van der Waals surface area (Å²) in [5.41, 5.74) is 6.24. The van der Waals surface area contributed by atoms with Crippen molar-refractivity contribution < 1.29 is 14.2 Å². The smallest absolute Gasteiger partial charge is 0.119 e. The van der Waals surface area contributed by atoms with Gasteiger partial charge in [-0.2, -0.15) is 0 Å². The lowest BCUT2D eigenvalue weighted by molar-refractivity contribution is 0.0180. The van der Waals surface area contributed by atoms with Crippen LogP contribution < -0.4 is 14.5 Å². The molecular weight excluding hydrogens is 500 g/mol. The van der Waals surface area contributed by atoms with Crippen LogP contribution >= 0.6 is 0 Å². The molecule has 0 spiro atoms. The van der Waals surface area contributed by atoms with Crippen LogP contribution in [0.5, 0.6) is 5.75 Å². The van der Waals surface area contributed by atoms with Crippen LogP contribution in [0.25, 0.3) is 0 Å². The van der Waals surface area contributed by atoms with Crippen LogP contribution in [0.4, 0.5) is 11.4 Å². The molecule has 0 radical (unpaired) electrons. The van der Waals surface area contributed by atoms with Crippen molar-refractivity contribution in [3.8, 4) is 5.75 Å². The molecule has 5 rings (SSSR count). The first-order chi connectivity index (χ1) is 19.7. The van der Waals surface area contributed by atoms with Crippen molar-refractivity contribution in [2.75, 3.05) is 89.6 Å². The van der Waals surface area contributed by atoms with E-state index in [2.05, 4.69) is 93.4 Å². The summed E-state index contributed by atoms with van der Waals surface area (Å²) in [5, 5.41) is 0. The zero-order chi connectivity index (χ0) is 27.6. The Morgan fingerprint density at radius 2 is 1.48 bits per heavy atom. The van der Waals surface area contributed by atoms with Crippen LogP contribution in [-0.4, -0.2) is 89.6 Å². The monoisotopic (exact) mass is 544 g/mol. The second-order valence-electron chi connectivity index (χ2n) is 10.8. The average Bonchev–Trinajstić information content (AvgIpc) is 3.00. The van der Waals surface area contributed by atoms with Gasteiger partial charge < -0.3 is 28.9 Å². The Balaban J connectivity index is 1.29. The first-order valence-electron chi connectivity index (χ1n) is 14.5. The van der Waals surface area contributed by atoms with E-state index in [-0.39, 0.29) is 0 Å². The fourth-order valence-electron chi connectivity index (χ4n) is 5.42. The number of hydrogen-bond donors (Lipinski definition) is 0. The minimum absolute atomic E-state index is 0.615. The van der Waals surface area contributed by atoms with Crippen LogP contribution in [0.1, 0.15) is 16.7 Å². The van der Waals surface area contributed by atoms with Crippen LogP contribution in [-0.2, 0) is 29.2 Å². The SMILES string of the molecule is COc1cccc(CN(Cc2cccc(N3CCN(C)CC3)c2)c2cccc(COCCN3CCOCC3)c2)c1. The second-order valence-corrected chi connectivity index (χ2v) is 10.8. The summed E-state index contributed by atoms with van der Waals surface area (Å²) in [5.74, 6) is 0.886. The van der Waals surface area contributed by atoms with E-state index in [0.29, 0.717) is 6.61 Å². The van der Waals surface area contributed by atoms with Crippen molar-refractivity contribution in [1.29, 1.82) is 0 Å². The molecule has 2 saturated heterocycles. The number of methoxy groups -OCH3 is 1. The van der Waals surface area contributed by atoms with Crippen molar-refractivity contribution in [3.05, 3.63) is 89.5 Å². The van der Waals surface area contributed by atoms with E-state index in [1.807, 2.05) is 6.07 Å². The molecule has 0 saturated carbocycles. The predicted octanol–water partition coefficient (Wildman–Crippen LogP) is 4.50. The highest BCUT2D eigenvalue weighted by Crippen LogP contribution is 2.25. The zero-order valence-corrected chi connectivity index (χ0v) is 24.1. The molecule has 2 fully saturated rings. The maximum Gasteiger partial charge on any atom is 0.119 e. The molecule has 0 aromatic heterocycles. The van der Waals surface area contributed by atoms with E-state index < -0.39 is 0 Å². The van der Waals surface area contributed by atoms with Gasteiger partial charge in [0.2, 0.25) is 0 Å². The lowest BCUT2D eigenvalue weighted by atomic mass is 10.1. The highest BCUT2D eigenvalue weighted by Gasteiger charge is 2.16. The molecule has 2 aliphatic heterocycles. The molecular formula is C33H44N4O3. The lowest BCUT2D eigenvalue weighted by Crippen LogP contribution is -2.44. The number of ether oxygens (including phenoxy) is 3. The third kappa shape index (κ3) is 8.21. The van der Waals surface area contributed by atoms with Gasteiger partial charge in [0.1, 0.15) is 5.75 Å². The topological polar surface area (TPSA) is 40.7 Å². The molecule has 2 heterocycles. The van der Waals surface area contributed by atoms with Gasteiger partial charge in [0.05, 0.1) is 33.5 Å². The highest BCUT2D eigenvalue weighted by molar-refractivity contribution is 5.53. The lowest BCUT2D eigenvalue weighted by Gasteiger charge is -2.34. The fourth-order valence-corrected chi connectivity index (χ4v) is 5.42. The van der Waals surface area contributed by atoms with E-state index in [1.165, 1.54) is 28.1 Å². The number of likely N-dealkylation sites (N-methyl/N-ethyl adjacent to an activating group) is 1. The van der Waals surface area contributed by atoms with Crippen LogP contribution in [0.3, 0.4) is 0 Å². The van der Waals surface area contributed by atoms with E-state index in [9.17, 15) is 0 Å². The van der Waals surface area contributed by atoms with Crippen molar-refractivity contribution in [3.63, 3.8) is 0 Å². The molecule has 0 aliphatic carbocycles. The number of morpholine rings is 1. The van der Waals surface area contributed by atoms with Gasteiger partial charge in [0.25, 0.3) is 0 Å². The van der Waals surface area contributed by atoms with E-state index >= 15 is 0 Å². The quantitative estimate of drug-likeness (QED) is 0.311. The van der Waals surface area contributed by atoms with Gasteiger partial charge in [-0.15, -0.1) is 0 Å². The standard InChI is InChI=1S/C33H44N4O3/c1-34-12-14-36(15-13-34)31-9-3-6-28(22-31)25-37(26-29-7-5-11-33(24-29)38-2)32-10-4-8-30(23-32)27-40-21-18-35-16-19-39-20-17-35/h3-11,22-24H,12-21,25-27H2,1-2H3. The number of anilines is 2. The molecule has 7 heteroatoms. The van der Waals surface area contributed by atoms with Crippen molar-refractivity contribution in [2.24, 2.45) is 0 Å². The molecule has 7 nitrogen and oxygen atoms in total. The summed E-state index contributed by atoms with van der Waals surface area (Å²) in [6.07, 6.45) is 0. The zero-order valence-electron chi connectivity index (χ0n) is 24.1. The molecule has 0 unspecified atom stereocenters. The van der Waals surface area contributed by atoms with Crippen LogP contribution in [0.15, 0.2) is 72.8 Å². The number of nitrogens with zero attached hydrogens (tertiary/aromatic N) is 4. The molecule has 0 amide bonds. The highest BCUT2D eigenvalue weighted by atomic mass is 16.5. The van der Waals surface area contributed by atoms with Crippen molar-refractivity contribution >= 4 is 11.4 Å². The van der Waals surface area contributed by atoms with Crippen LogP contribution in [0.2, 0.25) is 0 Å². The molecule has 0 atom stereocenters. The molecule has 0 bridgehead atoms. The first-order valence-corrected chi connectivity index (χ1v) is 14.5. The minimum Gasteiger partial charge on any atom is -0.497 e. The van der Waals surface area contributed by atoms with Gasteiger partial charge >= 0.3 is 0 Å². The van der Waals surface area contributed by atoms with Crippen LogP contribution in [0, 0.1) is 0 Å². The summed E-state index contributed by atoms with van der Waals surface area (Å²) >= 11 is 0. The Kier molecular flexibility index (Phi) is 10.3. The van der Waals surface area contributed by atoms with Crippen molar-refractivity contribution in [1.82, 2.24) is 9.80 Å². The summed E-state index contributed by atoms with van der Waals surface area (Å²) in [7, 11) is 3.93. The second kappa shape index (κ2) is 14.5. The van der Waals surface area contributed by atoms with Crippen molar-refractivity contribution in [2.45, 2.75) is 19.7 Å². The van der Waals surface area contributed by atoms with Gasteiger partial charge in [0, 0.05) is 70.3 Å². The number of piperazine rings is 1. The predicted molar refractivity (Wildman–Crippen MR) is 162 cm³/mol. The third-order valence-electron chi connectivity index (χ3n) is 7.86. The number of rotatable bonds is 12. The molecule has 3 aromatic rings. The fraction of sp³-hybridized carbons (Fsp3) is 0.455. The first kappa shape index (κ1) is 28.4. The molecule has 3 aromatic carbocycles. The molecule has 214 valence electrons.